The van der Waals surface area contributed by atoms with Crippen LogP contribution in [0.5, 0.6) is 0 Å². The Morgan fingerprint density at radius 3 is 2.19 bits per heavy atom. The second-order valence-corrected chi connectivity index (χ2v) is 4.74. The molecule has 0 saturated heterocycles. The number of rotatable bonds is 3. The fourth-order valence-corrected chi connectivity index (χ4v) is 2.22. The summed E-state index contributed by atoms with van der Waals surface area (Å²) in [5, 5.41) is 2.78. The summed E-state index contributed by atoms with van der Waals surface area (Å²) in [6.45, 7) is 3.89. The summed E-state index contributed by atoms with van der Waals surface area (Å²) in [7, 11) is 1.36. The van der Waals surface area contributed by atoms with Crippen molar-refractivity contribution in [1.82, 2.24) is 5.32 Å². The van der Waals surface area contributed by atoms with Crippen LogP contribution in [0.1, 0.15) is 39.5 Å². The van der Waals surface area contributed by atoms with Gasteiger partial charge in [-0.25, -0.2) is 4.79 Å². The highest BCUT2D eigenvalue weighted by Gasteiger charge is 2.28. The fraction of sp³-hybridized carbons (Fsp3) is 0.833. The van der Waals surface area contributed by atoms with E-state index in [1.165, 1.54) is 7.11 Å². The van der Waals surface area contributed by atoms with Crippen molar-refractivity contribution >= 4 is 11.9 Å². The molecular formula is C12H21NO3. The Hall–Kier alpha value is -1.06. The van der Waals surface area contributed by atoms with Crippen molar-refractivity contribution in [2.24, 2.45) is 11.8 Å². The van der Waals surface area contributed by atoms with E-state index < -0.39 is 0 Å². The Kier molecular flexibility index (Phi) is 4.77. The smallest absolute Gasteiger partial charge is 0.407 e. The van der Waals surface area contributed by atoms with Crippen molar-refractivity contribution in [3.05, 3.63) is 0 Å². The summed E-state index contributed by atoms with van der Waals surface area (Å²) in [5.41, 5.74) is 0. The van der Waals surface area contributed by atoms with Crippen LogP contribution in [-0.2, 0) is 9.53 Å². The average molecular weight is 227 g/mol. The van der Waals surface area contributed by atoms with Crippen LogP contribution < -0.4 is 5.32 Å². The molecule has 1 saturated carbocycles. The van der Waals surface area contributed by atoms with Gasteiger partial charge in [-0.3, -0.25) is 4.79 Å². The van der Waals surface area contributed by atoms with Crippen LogP contribution in [0.3, 0.4) is 0 Å². The molecule has 1 N–H and O–H groups in total. The van der Waals surface area contributed by atoms with Gasteiger partial charge in [0.2, 0.25) is 0 Å². The third-order valence-corrected chi connectivity index (χ3v) is 3.21. The van der Waals surface area contributed by atoms with Gasteiger partial charge >= 0.3 is 6.09 Å². The quantitative estimate of drug-likeness (QED) is 0.803. The Balaban J connectivity index is 2.34. The fourth-order valence-electron chi connectivity index (χ4n) is 2.22. The normalized spacial score (nSPS) is 25.2. The number of carbonyl (C=O) groups excluding carboxylic acids is 2. The number of hydrogen-bond donors (Lipinski definition) is 1. The molecule has 0 aromatic heterocycles. The molecule has 0 radical (unpaired) electrons. The number of nitrogens with one attached hydrogen (secondary N) is 1. The summed E-state index contributed by atoms with van der Waals surface area (Å²) >= 11 is 0. The zero-order chi connectivity index (χ0) is 12.1. The van der Waals surface area contributed by atoms with Gasteiger partial charge in [-0.2, -0.15) is 0 Å². The molecule has 1 amide bonds. The molecule has 0 heterocycles. The molecule has 92 valence electrons. The largest absolute Gasteiger partial charge is 0.453 e. The molecule has 0 unspecified atom stereocenters. The maximum absolute atomic E-state index is 11.8. The lowest BCUT2D eigenvalue weighted by atomic mass is 9.80. The van der Waals surface area contributed by atoms with E-state index in [1.807, 2.05) is 13.8 Å². The highest BCUT2D eigenvalue weighted by atomic mass is 16.5. The molecule has 0 aromatic carbocycles. The topological polar surface area (TPSA) is 55.4 Å². The van der Waals surface area contributed by atoms with Gasteiger partial charge in [0.05, 0.1) is 7.11 Å². The van der Waals surface area contributed by atoms with Gasteiger partial charge in [0.1, 0.15) is 5.78 Å². The molecule has 16 heavy (non-hydrogen) atoms. The van der Waals surface area contributed by atoms with Crippen molar-refractivity contribution in [2.75, 3.05) is 7.11 Å². The standard InChI is InChI=1S/C12H21NO3/c1-8(2)11(14)9-4-6-10(7-5-9)13-12(15)16-3/h8-10H,4-7H2,1-3H3,(H,13,15)/t9-,10+. The van der Waals surface area contributed by atoms with Crippen molar-refractivity contribution in [3.63, 3.8) is 0 Å². The summed E-state index contributed by atoms with van der Waals surface area (Å²) in [6, 6.07) is 0.170. The minimum Gasteiger partial charge on any atom is -0.453 e. The Morgan fingerprint density at radius 2 is 1.75 bits per heavy atom. The number of alkyl carbamates (subject to hydrolysis) is 1. The first-order chi connectivity index (χ1) is 7.54. The van der Waals surface area contributed by atoms with E-state index >= 15 is 0 Å². The van der Waals surface area contributed by atoms with E-state index in [4.69, 9.17) is 0 Å². The Morgan fingerprint density at radius 1 is 1.19 bits per heavy atom. The first-order valence-corrected chi connectivity index (χ1v) is 5.92. The summed E-state index contributed by atoms with van der Waals surface area (Å²) in [6.07, 6.45) is 3.13. The summed E-state index contributed by atoms with van der Waals surface area (Å²) in [4.78, 5) is 22.8. The molecule has 0 spiro atoms. The lowest BCUT2D eigenvalue weighted by molar-refractivity contribution is -0.126. The lowest BCUT2D eigenvalue weighted by Gasteiger charge is -2.28. The van der Waals surface area contributed by atoms with Gasteiger partial charge in [-0.1, -0.05) is 13.8 Å². The van der Waals surface area contributed by atoms with Crippen LogP contribution in [0, 0.1) is 11.8 Å². The zero-order valence-electron chi connectivity index (χ0n) is 10.3. The van der Waals surface area contributed by atoms with Crippen LogP contribution in [-0.4, -0.2) is 25.0 Å². The highest BCUT2D eigenvalue weighted by molar-refractivity contribution is 5.82. The molecule has 0 atom stereocenters. The van der Waals surface area contributed by atoms with Crippen LogP contribution in [0.25, 0.3) is 0 Å². The average Bonchev–Trinajstić information content (AvgIpc) is 2.28. The van der Waals surface area contributed by atoms with Crippen molar-refractivity contribution in [2.45, 2.75) is 45.6 Å². The van der Waals surface area contributed by atoms with Crippen LogP contribution in [0.15, 0.2) is 0 Å². The number of carbonyl (C=O) groups is 2. The van der Waals surface area contributed by atoms with Gasteiger partial charge in [0.15, 0.2) is 0 Å². The predicted molar refractivity (Wildman–Crippen MR) is 61.1 cm³/mol. The van der Waals surface area contributed by atoms with E-state index in [0.29, 0.717) is 5.78 Å². The molecule has 1 aliphatic carbocycles. The van der Waals surface area contributed by atoms with Gasteiger partial charge in [-0.05, 0) is 25.7 Å². The highest BCUT2D eigenvalue weighted by Crippen LogP contribution is 2.27. The maximum Gasteiger partial charge on any atom is 0.407 e. The van der Waals surface area contributed by atoms with Gasteiger partial charge in [-0.15, -0.1) is 0 Å². The predicted octanol–water partition coefficient (Wildman–Crippen LogP) is 2.13. The number of hydrogen-bond acceptors (Lipinski definition) is 3. The van der Waals surface area contributed by atoms with Crippen molar-refractivity contribution in [1.29, 1.82) is 0 Å². The van der Waals surface area contributed by atoms with Crippen LogP contribution >= 0.6 is 0 Å². The molecular weight excluding hydrogens is 206 g/mol. The van der Waals surface area contributed by atoms with Gasteiger partial charge in [0.25, 0.3) is 0 Å². The monoisotopic (exact) mass is 227 g/mol. The second-order valence-electron chi connectivity index (χ2n) is 4.74. The number of ether oxygens (including phenoxy) is 1. The first kappa shape index (κ1) is 13.0. The lowest BCUT2D eigenvalue weighted by Crippen LogP contribution is -2.39. The van der Waals surface area contributed by atoms with E-state index in [-0.39, 0.29) is 24.0 Å². The third-order valence-electron chi connectivity index (χ3n) is 3.21. The SMILES string of the molecule is COC(=O)N[C@H]1CC[C@@H](C(=O)C(C)C)CC1. The molecule has 4 heteroatoms. The summed E-state index contributed by atoms with van der Waals surface area (Å²) in [5.74, 6) is 0.669. The second kappa shape index (κ2) is 5.87. The number of methoxy groups -OCH3 is 1. The molecule has 0 aliphatic heterocycles. The summed E-state index contributed by atoms with van der Waals surface area (Å²) < 4.78 is 4.55. The maximum atomic E-state index is 11.8. The molecule has 1 rings (SSSR count). The van der Waals surface area contributed by atoms with Crippen molar-refractivity contribution in [3.8, 4) is 0 Å². The van der Waals surface area contributed by atoms with E-state index in [1.54, 1.807) is 0 Å². The van der Waals surface area contributed by atoms with Crippen LogP contribution in [0.2, 0.25) is 0 Å². The molecule has 0 bridgehead atoms. The first-order valence-electron chi connectivity index (χ1n) is 5.92. The Labute approximate surface area is 96.7 Å². The van der Waals surface area contributed by atoms with E-state index in [2.05, 4.69) is 10.1 Å². The minimum absolute atomic E-state index is 0.120. The minimum atomic E-state index is -0.376. The molecule has 4 nitrogen and oxygen atoms in total. The van der Waals surface area contributed by atoms with Crippen LogP contribution in [0.4, 0.5) is 4.79 Å². The molecule has 0 aromatic rings. The number of Topliss-reactive ketones (excluding diaryl/α,β-unsaturated/α-hetero) is 1. The van der Waals surface area contributed by atoms with E-state index in [0.717, 1.165) is 25.7 Å². The van der Waals surface area contributed by atoms with Gasteiger partial charge < -0.3 is 10.1 Å². The zero-order valence-corrected chi connectivity index (χ0v) is 10.3. The van der Waals surface area contributed by atoms with Gasteiger partial charge in [0, 0.05) is 17.9 Å². The molecule has 1 fully saturated rings. The molecule has 1 aliphatic rings. The number of ketones is 1. The van der Waals surface area contributed by atoms with Crippen molar-refractivity contribution < 1.29 is 14.3 Å². The number of amides is 1. The Bertz CT molecular complexity index is 255. The van der Waals surface area contributed by atoms with E-state index in [9.17, 15) is 9.59 Å². The third kappa shape index (κ3) is 3.51.